The van der Waals surface area contributed by atoms with Crippen molar-refractivity contribution in [2.75, 3.05) is 11.9 Å². The van der Waals surface area contributed by atoms with Crippen LogP contribution in [0, 0.1) is 5.82 Å². The lowest BCUT2D eigenvalue weighted by molar-refractivity contribution is -0.137. The summed E-state index contributed by atoms with van der Waals surface area (Å²) in [5.41, 5.74) is -0.890. The standard InChI is InChI=1S/C17H14Cl2F4N2O2/c1-8(26)24-7-15(27)11-6-10(2-3-14(11)20)25-16-12(18)4-9(5-13(16)19)17(21,22)23/h2-6,15,25,27H,7H2,1H3,(H,24,26). The van der Waals surface area contributed by atoms with Crippen LogP contribution in [-0.4, -0.2) is 17.6 Å². The number of aliphatic hydroxyl groups is 1. The number of halogens is 6. The second-order valence-corrected chi connectivity index (χ2v) is 6.44. The summed E-state index contributed by atoms with van der Waals surface area (Å²) in [6.07, 6.45) is -5.93. The van der Waals surface area contributed by atoms with Gasteiger partial charge in [0, 0.05) is 24.7 Å². The molecule has 0 aliphatic rings. The van der Waals surface area contributed by atoms with Gasteiger partial charge in [-0.05, 0) is 30.3 Å². The van der Waals surface area contributed by atoms with E-state index in [0.717, 1.165) is 6.07 Å². The van der Waals surface area contributed by atoms with Crippen LogP contribution in [-0.2, 0) is 11.0 Å². The van der Waals surface area contributed by atoms with Crippen molar-refractivity contribution in [3.05, 3.63) is 57.3 Å². The number of aliphatic hydroxyl groups excluding tert-OH is 1. The molecule has 0 aliphatic heterocycles. The molecule has 4 nitrogen and oxygen atoms in total. The van der Waals surface area contributed by atoms with Gasteiger partial charge in [0.15, 0.2) is 0 Å². The van der Waals surface area contributed by atoms with Gasteiger partial charge in [0.1, 0.15) is 5.82 Å². The van der Waals surface area contributed by atoms with Crippen molar-refractivity contribution in [2.45, 2.75) is 19.2 Å². The van der Waals surface area contributed by atoms with Gasteiger partial charge in [-0.2, -0.15) is 13.2 Å². The van der Waals surface area contributed by atoms with E-state index >= 15 is 0 Å². The second-order valence-electron chi connectivity index (χ2n) is 5.63. The second kappa shape index (κ2) is 8.33. The van der Waals surface area contributed by atoms with Gasteiger partial charge in [-0.1, -0.05) is 23.2 Å². The first kappa shape index (κ1) is 21.3. The quantitative estimate of drug-likeness (QED) is 0.587. The highest BCUT2D eigenvalue weighted by atomic mass is 35.5. The summed E-state index contributed by atoms with van der Waals surface area (Å²) in [4.78, 5) is 10.9. The fourth-order valence-corrected chi connectivity index (χ4v) is 2.81. The minimum absolute atomic E-state index is 0.000224. The molecular formula is C17H14Cl2F4N2O2. The molecule has 2 aromatic rings. The topological polar surface area (TPSA) is 61.4 Å². The lowest BCUT2D eigenvalue weighted by Gasteiger charge is -2.17. The van der Waals surface area contributed by atoms with E-state index < -0.39 is 29.6 Å². The molecule has 0 aliphatic carbocycles. The highest BCUT2D eigenvalue weighted by molar-refractivity contribution is 6.39. The van der Waals surface area contributed by atoms with Gasteiger partial charge in [-0.3, -0.25) is 4.79 Å². The molecule has 146 valence electrons. The van der Waals surface area contributed by atoms with Crippen molar-refractivity contribution < 1.29 is 27.5 Å². The smallest absolute Gasteiger partial charge is 0.386 e. The average molecular weight is 425 g/mol. The maximum atomic E-state index is 13.9. The van der Waals surface area contributed by atoms with E-state index in [1.54, 1.807) is 0 Å². The first-order chi connectivity index (χ1) is 12.5. The van der Waals surface area contributed by atoms with Gasteiger partial charge in [0.25, 0.3) is 0 Å². The third kappa shape index (κ3) is 5.47. The number of benzene rings is 2. The molecule has 2 rings (SSSR count). The van der Waals surface area contributed by atoms with Gasteiger partial charge in [0.2, 0.25) is 5.91 Å². The number of carbonyl (C=O) groups is 1. The minimum atomic E-state index is -4.61. The normalized spacial score (nSPS) is 12.6. The molecule has 27 heavy (non-hydrogen) atoms. The summed E-state index contributed by atoms with van der Waals surface area (Å²) in [7, 11) is 0. The van der Waals surface area contributed by atoms with Crippen molar-refractivity contribution >= 4 is 40.5 Å². The molecular weight excluding hydrogens is 411 g/mol. The number of hydrogen-bond acceptors (Lipinski definition) is 3. The third-order valence-electron chi connectivity index (χ3n) is 3.54. The van der Waals surface area contributed by atoms with Crippen molar-refractivity contribution in [1.82, 2.24) is 5.32 Å². The van der Waals surface area contributed by atoms with Crippen molar-refractivity contribution in [2.24, 2.45) is 0 Å². The van der Waals surface area contributed by atoms with E-state index in [0.29, 0.717) is 12.1 Å². The summed E-state index contributed by atoms with van der Waals surface area (Å²) in [6, 6.07) is 5.03. The molecule has 1 atom stereocenters. The molecule has 0 fully saturated rings. The summed E-state index contributed by atoms with van der Waals surface area (Å²) in [5.74, 6) is -1.12. The van der Waals surface area contributed by atoms with Crippen molar-refractivity contribution in [1.29, 1.82) is 0 Å². The zero-order valence-corrected chi connectivity index (χ0v) is 15.3. The first-order valence-corrected chi connectivity index (χ1v) is 8.30. The lowest BCUT2D eigenvalue weighted by atomic mass is 10.1. The van der Waals surface area contributed by atoms with E-state index in [1.165, 1.54) is 19.1 Å². The van der Waals surface area contributed by atoms with Gasteiger partial charge in [-0.15, -0.1) is 0 Å². The molecule has 0 saturated heterocycles. The van der Waals surface area contributed by atoms with E-state index in [-0.39, 0.29) is 33.5 Å². The summed E-state index contributed by atoms with van der Waals surface area (Å²) in [6.45, 7) is 1.03. The van der Waals surface area contributed by atoms with E-state index in [1.807, 2.05) is 0 Å². The van der Waals surface area contributed by atoms with Gasteiger partial charge in [-0.25, -0.2) is 4.39 Å². The van der Waals surface area contributed by atoms with Crippen LogP contribution >= 0.6 is 23.2 Å². The Morgan fingerprint density at radius 2 is 1.78 bits per heavy atom. The number of rotatable bonds is 5. The molecule has 3 N–H and O–H groups in total. The lowest BCUT2D eigenvalue weighted by Crippen LogP contribution is -2.26. The van der Waals surface area contributed by atoms with Crippen molar-refractivity contribution in [3.63, 3.8) is 0 Å². The number of carbonyl (C=O) groups excluding carboxylic acids is 1. The maximum absolute atomic E-state index is 13.9. The average Bonchev–Trinajstić information content (AvgIpc) is 2.56. The SMILES string of the molecule is CC(=O)NCC(O)c1cc(Nc2c(Cl)cc(C(F)(F)F)cc2Cl)ccc1F. The molecule has 0 saturated carbocycles. The van der Waals surface area contributed by atoms with Gasteiger partial charge < -0.3 is 15.7 Å². The molecule has 1 unspecified atom stereocenters. The predicted octanol–water partition coefficient (Wildman–Crippen LogP) is 5.06. The monoisotopic (exact) mass is 424 g/mol. The number of alkyl halides is 3. The fourth-order valence-electron chi connectivity index (χ4n) is 2.23. The predicted molar refractivity (Wildman–Crippen MR) is 94.8 cm³/mol. The Morgan fingerprint density at radius 1 is 1.19 bits per heavy atom. The van der Waals surface area contributed by atoms with Gasteiger partial charge in [0.05, 0.1) is 27.4 Å². The Labute approximate surface area is 162 Å². The Balaban J connectivity index is 2.30. The Kier molecular flexibility index (Phi) is 6.56. The molecule has 0 aromatic heterocycles. The highest BCUT2D eigenvalue weighted by Crippen LogP contribution is 2.39. The fraction of sp³-hybridized carbons (Fsp3) is 0.235. The Hall–Kier alpha value is -2.03. The van der Waals surface area contributed by atoms with Crippen LogP contribution in [0.2, 0.25) is 10.0 Å². The number of hydrogen-bond donors (Lipinski definition) is 3. The Bertz CT molecular complexity index is 836. The zero-order chi connectivity index (χ0) is 20.4. The Morgan fingerprint density at radius 3 is 2.30 bits per heavy atom. The van der Waals surface area contributed by atoms with E-state index in [4.69, 9.17) is 23.2 Å². The first-order valence-electron chi connectivity index (χ1n) is 7.54. The molecule has 2 aromatic carbocycles. The summed E-state index contributed by atoms with van der Waals surface area (Å²) < 4.78 is 52.3. The third-order valence-corrected chi connectivity index (χ3v) is 4.13. The van der Waals surface area contributed by atoms with Crippen LogP contribution in [0.5, 0.6) is 0 Å². The summed E-state index contributed by atoms with van der Waals surface area (Å²) >= 11 is 11.8. The van der Waals surface area contributed by atoms with Crippen LogP contribution in [0.1, 0.15) is 24.2 Å². The molecule has 0 bridgehead atoms. The van der Waals surface area contributed by atoms with Crippen LogP contribution in [0.15, 0.2) is 30.3 Å². The number of amides is 1. The molecule has 0 spiro atoms. The summed E-state index contributed by atoms with van der Waals surface area (Å²) in [5, 5.41) is 14.5. The van der Waals surface area contributed by atoms with Crippen LogP contribution in [0.4, 0.5) is 28.9 Å². The highest BCUT2D eigenvalue weighted by Gasteiger charge is 2.32. The molecule has 1 amide bonds. The number of nitrogens with one attached hydrogen (secondary N) is 2. The van der Waals surface area contributed by atoms with Crippen LogP contribution < -0.4 is 10.6 Å². The number of anilines is 2. The van der Waals surface area contributed by atoms with E-state index in [2.05, 4.69) is 10.6 Å². The maximum Gasteiger partial charge on any atom is 0.416 e. The van der Waals surface area contributed by atoms with Crippen LogP contribution in [0.3, 0.4) is 0 Å². The molecule has 0 radical (unpaired) electrons. The molecule has 10 heteroatoms. The van der Waals surface area contributed by atoms with E-state index in [9.17, 15) is 27.5 Å². The largest absolute Gasteiger partial charge is 0.416 e. The van der Waals surface area contributed by atoms with Gasteiger partial charge >= 0.3 is 6.18 Å². The zero-order valence-electron chi connectivity index (χ0n) is 13.8. The molecule has 0 heterocycles. The van der Waals surface area contributed by atoms with Crippen LogP contribution in [0.25, 0.3) is 0 Å². The minimum Gasteiger partial charge on any atom is -0.386 e. The van der Waals surface area contributed by atoms with Crippen molar-refractivity contribution in [3.8, 4) is 0 Å².